The first kappa shape index (κ1) is 20.7. The first-order valence-electron chi connectivity index (χ1n) is 8.21. The van der Waals surface area contributed by atoms with Gasteiger partial charge in [0.05, 0.1) is 4.90 Å². The molecular weight excluding hydrogens is 409 g/mol. The number of hydrogen-bond acceptors (Lipinski definition) is 3. The topological polar surface area (TPSA) is 33.0 Å². The Kier molecular flexibility index (Phi) is 6.09. The van der Waals surface area contributed by atoms with E-state index in [9.17, 15) is 22.0 Å². The average Bonchev–Trinajstić information content (AvgIpc) is 2.69. The molecule has 0 aliphatic carbocycles. The fourth-order valence-electron chi connectivity index (χ4n) is 2.78. The predicted octanol–water partition coefficient (Wildman–Crippen LogP) is 7.10. The summed E-state index contributed by atoms with van der Waals surface area (Å²) >= 11 is 0.571. The van der Waals surface area contributed by atoms with Crippen LogP contribution in [0, 0.1) is 16.5 Å². The molecule has 0 fully saturated rings. The van der Waals surface area contributed by atoms with Gasteiger partial charge in [-0.3, -0.25) is 0 Å². The highest BCUT2D eigenvalue weighted by Crippen LogP contribution is 2.33. The minimum Gasteiger partial charge on any atom is -0.406 e. The molecule has 0 aliphatic heterocycles. The Morgan fingerprint density at radius 1 is 0.862 bits per heavy atom. The molecule has 3 aromatic rings. The molecule has 0 heterocycles. The number of nitrogens with zero attached hydrogens (tertiary/aromatic N) is 1. The summed E-state index contributed by atoms with van der Waals surface area (Å²) in [5.74, 6) is -0.992. The SMILES string of the molecule is N#CSc1c(F)cc(-c2ccc(-c3ccc(OC(F)(F)F)cc3)cc2)cc1CF. The minimum atomic E-state index is -4.75. The molecule has 0 aromatic heterocycles. The number of halogens is 5. The van der Waals surface area contributed by atoms with E-state index in [2.05, 4.69) is 4.74 Å². The maximum absolute atomic E-state index is 14.2. The highest BCUT2D eigenvalue weighted by Gasteiger charge is 2.30. The maximum Gasteiger partial charge on any atom is 0.573 e. The number of ether oxygens (including phenoxy) is 1. The van der Waals surface area contributed by atoms with Gasteiger partial charge >= 0.3 is 6.36 Å². The van der Waals surface area contributed by atoms with Gasteiger partial charge in [0.25, 0.3) is 0 Å². The van der Waals surface area contributed by atoms with Gasteiger partial charge in [0.1, 0.15) is 23.6 Å². The van der Waals surface area contributed by atoms with Crippen LogP contribution in [-0.2, 0) is 6.67 Å². The van der Waals surface area contributed by atoms with Crippen molar-refractivity contribution in [2.45, 2.75) is 17.9 Å². The van der Waals surface area contributed by atoms with Gasteiger partial charge in [-0.25, -0.2) is 8.78 Å². The molecular formula is C21H12F5NOS. The van der Waals surface area contributed by atoms with Crippen molar-refractivity contribution in [1.82, 2.24) is 0 Å². The van der Waals surface area contributed by atoms with Crippen LogP contribution in [0.15, 0.2) is 65.6 Å². The van der Waals surface area contributed by atoms with Crippen molar-refractivity contribution in [2.24, 2.45) is 0 Å². The largest absolute Gasteiger partial charge is 0.573 e. The Bertz CT molecular complexity index is 1040. The summed E-state index contributed by atoms with van der Waals surface area (Å²) in [6.45, 7) is -0.904. The zero-order chi connectivity index (χ0) is 21.0. The number of nitriles is 1. The average molecular weight is 421 g/mol. The van der Waals surface area contributed by atoms with Gasteiger partial charge in [-0.05, 0) is 58.3 Å². The lowest BCUT2D eigenvalue weighted by Gasteiger charge is -2.11. The summed E-state index contributed by atoms with van der Waals surface area (Å²) in [5, 5.41) is 10.5. The molecule has 0 radical (unpaired) electrons. The van der Waals surface area contributed by atoms with Crippen molar-refractivity contribution in [3.63, 3.8) is 0 Å². The molecule has 0 spiro atoms. The first-order chi connectivity index (χ1) is 13.8. The van der Waals surface area contributed by atoms with Gasteiger partial charge in [-0.2, -0.15) is 5.26 Å². The molecule has 0 bridgehead atoms. The van der Waals surface area contributed by atoms with Crippen molar-refractivity contribution in [3.8, 4) is 33.4 Å². The van der Waals surface area contributed by atoms with Crippen molar-refractivity contribution >= 4 is 11.8 Å². The second-order valence-corrected chi connectivity index (χ2v) is 6.72. The van der Waals surface area contributed by atoms with Crippen LogP contribution in [0.25, 0.3) is 22.3 Å². The van der Waals surface area contributed by atoms with E-state index in [0.717, 1.165) is 5.56 Å². The second-order valence-electron chi connectivity index (χ2n) is 5.92. The fraction of sp³-hybridized carbons (Fsp3) is 0.0952. The second kappa shape index (κ2) is 8.53. The van der Waals surface area contributed by atoms with E-state index in [1.54, 1.807) is 29.7 Å². The van der Waals surface area contributed by atoms with Gasteiger partial charge in [0.2, 0.25) is 0 Å². The Morgan fingerprint density at radius 3 is 1.86 bits per heavy atom. The van der Waals surface area contributed by atoms with E-state index >= 15 is 0 Å². The molecule has 0 atom stereocenters. The van der Waals surface area contributed by atoms with Gasteiger partial charge in [-0.1, -0.05) is 36.4 Å². The molecule has 3 rings (SSSR count). The molecule has 0 aliphatic rings. The van der Waals surface area contributed by atoms with Crippen LogP contribution in [0.1, 0.15) is 5.56 Å². The normalized spacial score (nSPS) is 11.2. The van der Waals surface area contributed by atoms with Gasteiger partial charge in [-0.15, -0.1) is 13.2 Å². The Morgan fingerprint density at radius 2 is 1.38 bits per heavy atom. The molecule has 29 heavy (non-hydrogen) atoms. The van der Waals surface area contributed by atoms with Gasteiger partial charge < -0.3 is 4.74 Å². The molecule has 8 heteroatoms. The molecule has 0 amide bonds. The zero-order valence-corrected chi connectivity index (χ0v) is 15.5. The van der Waals surface area contributed by atoms with Crippen LogP contribution in [0.3, 0.4) is 0 Å². The highest BCUT2D eigenvalue weighted by atomic mass is 32.2. The number of rotatable bonds is 5. The van der Waals surface area contributed by atoms with Gasteiger partial charge in [0, 0.05) is 5.56 Å². The Labute approximate surface area is 167 Å². The lowest BCUT2D eigenvalue weighted by atomic mass is 9.99. The van der Waals surface area contributed by atoms with E-state index in [1.807, 2.05) is 0 Å². The Hall–Kier alpha value is -3.05. The molecule has 0 saturated heterocycles. The van der Waals surface area contributed by atoms with Crippen molar-refractivity contribution in [3.05, 3.63) is 72.0 Å². The quantitative estimate of drug-likeness (QED) is 0.250. The van der Waals surface area contributed by atoms with E-state index in [4.69, 9.17) is 5.26 Å². The van der Waals surface area contributed by atoms with Gasteiger partial charge in [0.15, 0.2) is 0 Å². The summed E-state index contributed by atoms with van der Waals surface area (Å²) in [7, 11) is 0. The summed E-state index contributed by atoms with van der Waals surface area (Å²) in [6, 6.07) is 15.0. The molecule has 148 valence electrons. The first-order valence-corrected chi connectivity index (χ1v) is 9.03. The molecule has 0 saturated carbocycles. The van der Waals surface area contributed by atoms with E-state index in [0.29, 0.717) is 28.5 Å². The number of alkyl halides is 4. The zero-order valence-electron chi connectivity index (χ0n) is 14.6. The van der Waals surface area contributed by atoms with E-state index in [1.165, 1.54) is 36.4 Å². The van der Waals surface area contributed by atoms with Crippen LogP contribution in [0.4, 0.5) is 22.0 Å². The standard InChI is InChI=1S/C21H12F5NOS/c22-11-17-9-16(10-19(23)20(17)29-12-27)15-3-1-13(2-4-15)14-5-7-18(8-6-14)28-21(24,25)26/h1-10H,11H2. The lowest BCUT2D eigenvalue weighted by Crippen LogP contribution is -2.16. The minimum absolute atomic E-state index is 0.0310. The number of thiocyanates is 1. The maximum atomic E-state index is 14.2. The van der Waals surface area contributed by atoms with Crippen LogP contribution in [-0.4, -0.2) is 6.36 Å². The predicted molar refractivity (Wildman–Crippen MR) is 100 cm³/mol. The molecule has 0 N–H and O–H groups in total. The van der Waals surface area contributed by atoms with Crippen LogP contribution < -0.4 is 4.74 Å². The van der Waals surface area contributed by atoms with Crippen molar-refractivity contribution in [2.75, 3.05) is 0 Å². The third-order valence-corrected chi connectivity index (χ3v) is 4.80. The monoisotopic (exact) mass is 421 g/mol. The van der Waals surface area contributed by atoms with E-state index in [-0.39, 0.29) is 16.2 Å². The molecule has 2 nitrogen and oxygen atoms in total. The third kappa shape index (κ3) is 5.06. The van der Waals surface area contributed by atoms with Crippen LogP contribution in [0.5, 0.6) is 5.75 Å². The molecule has 3 aromatic carbocycles. The smallest absolute Gasteiger partial charge is 0.406 e. The van der Waals surface area contributed by atoms with Crippen molar-refractivity contribution < 1.29 is 26.7 Å². The Balaban J connectivity index is 1.85. The number of hydrogen-bond donors (Lipinski definition) is 0. The lowest BCUT2D eigenvalue weighted by molar-refractivity contribution is -0.274. The summed E-state index contributed by atoms with van der Waals surface area (Å²) in [6.07, 6.45) is -4.75. The van der Waals surface area contributed by atoms with Crippen LogP contribution in [0.2, 0.25) is 0 Å². The fourth-order valence-corrected chi connectivity index (χ4v) is 3.27. The summed E-state index contributed by atoms with van der Waals surface area (Å²) < 4.78 is 68.0. The number of thioether (sulfide) groups is 1. The van der Waals surface area contributed by atoms with E-state index < -0.39 is 18.9 Å². The number of benzene rings is 3. The summed E-state index contributed by atoms with van der Waals surface area (Å²) in [5.41, 5.74) is 2.58. The molecule has 0 unspecified atom stereocenters. The third-order valence-electron chi connectivity index (χ3n) is 4.05. The summed E-state index contributed by atoms with van der Waals surface area (Å²) in [4.78, 5) is -0.0310. The van der Waals surface area contributed by atoms with Crippen LogP contribution >= 0.6 is 11.8 Å². The highest BCUT2D eigenvalue weighted by molar-refractivity contribution is 8.03. The van der Waals surface area contributed by atoms with Crippen molar-refractivity contribution in [1.29, 1.82) is 5.26 Å².